The molecule has 2 heterocycles. The molecule has 0 fully saturated rings. The molecule has 0 amide bonds. The van der Waals surface area contributed by atoms with Crippen LogP contribution in [0.1, 0.15) is 36.5 Å². The lowest BCUT2D eigenvalue weighted by atomic mass is 10.1. The minimum absolute atomic E-state index is 0.0902. The van der Waals surface area contributed by atoms with Gasteiger partial charge in [0, 0.05) is 11.8 Å². The van der Waals surface area contributed by atoms with Crippen LogP contribution < -0.4 is 5.32 Å². The Morgan fingerprint density at radius 3 is 2.94 bits per heavy atom. The van der Waals surface area contributed by atoms with Crippen molar-refractivity contribution < 1.29 is 4.42 Å². The van der Waals surface area contributed by atoms with E-state index < -0.39 is 0 Å². The number of furan rings is 1. The van der Waals surface area contributed by atoms with Gasteiger partial charge in [0.2, 0.25) is 0 Å². The highest BCUT2D eigenvalue weighted by molar-refractivity contribution is 5.22. The second-order valence-corrected chi connectivity index (χ2v) is 3.87. The molecule has 2 rings (SSSR count). The van der Waals surface area contributed by atoms with Crippen molar-refractivity contribution in [1.29, 1.82) is 0 Å². The molecule has 0 radical (unpaired) electrons. The normalized spacial score (nSPS) is 12.9. The molecule has 0 aromatic carbocycles. The van der Waals surface area contributed by atoms with Crippen molar-refractivity contribution in [2.75, 3.05) is 6.54 Å². The maximum absolute atomic E-state index is 5.66. The van der Waals surface area contributed by atoms with Crippen molar-refractivity contribution in [3.05, 3.63) is 41.6 Å². The number of rotatable bonds is 5. The lowest BCUT2D eigenvalue weighted by Crippen LogP contribution is -2.22. The van der Waals surface area contributed by atoms with Gasteiger partial charge in [-0.2, -0.15) is 5.10 Å². The number of nitrogens with one attached hydrogen (secondary N) is 2. The van der Waals surface area contributed by atoms with Gasteiger partial charge in [0.1, 0.15) is 11.5 Å². The van der Waals surface area contributed by atoms with Gasteiger partial charge in [0.25, 0.3) is 0 Å². The van der Waals surface area contributed by atoms with E-state index in [1.54, 1.807) is 0 Å². The summed E-state index contributed by atoms with van der Waals surface area (Å²) in [6.45, 7) is 5.05. The number of H-pyrrole nitrogens is 1. The molecule has 0 saturated heterocycles. The Morgan fingerprint density at radius 2 is 2.38 bits per heavy atom. The average Bonchev–Trinajstić information content (AvgIpc) is 2.91. The van der Waals surface area contributed by atoms with Crippen LogP contribution in [-0.4, -0.2) is 16.7 Å². The number of aromatic amines is 1. The third kappa shape index (κ3) is 2.33. The maximum Gasteiger partial charge on any atom is 0.125 e. The van der Waals surface area contributed by atoms with Gasteiger partial charge in [-0.05, 0) is 32.0 Å². The van der Waals surface area contributed by atoms with Crippen LogP contribution >= 0.6 is 0 Å². The lowest BCUT2D eigenvalue weighted by Gasteiger charge is -2.14. The first-order valence-electron chi connectivity index (χ1n) is 5.59. The summed E-state index contributed by atoms with van der Waals surface area (Å²) >= 11 is 0. The number of nitrogens with zero attached hydrogens (tertiary/aromatic N) is 1. The molecule has 0 saturated carbocycles. The quantitative estimate of drug-likeness (QED) is 0.811. The third-order valence-electron chi connectivity index (χ3n) is 2.50. The molecule has 4 nitrogen and oxygen atoms in total. The van der Waals surface area contributed by atoms with E-state index in [-0.39, 0.29) is 6.04 Å². The monoisotopic (exact) mass is 219 g/mol. The summed E-state index contributed by atoms with van der Waals surface area (Å²) in [5.74, 6) is 1.87. The molecule has 0 aliphatic carbocycles. The Kier molecular flexibility index (Phi) is 3.41. The van der Waals surface area contributed by atoms with Crippen LogP contribution in [0.2, 0.25) is 0 Å². The summed E-state index contributed by atoms with van der Waals surface area (Å²) < 4.78 is 5.66. The molecule has 2 aromatic rings. The fourth-order valence-corrected chi connectivity index (χ4v) is 1.70. The van der Waals surface area contributed by atoms with Crippen LogP contribution in [0, 0.1) is 6.92 Å². The summed E-state index contributed by atoms with van der Waals surface area (Å²) in [7, 11) is 0. The van der Waals surface area contributed by atoms with E-state index in [2.05, 4.69) is 22.4 Å². The van der Waals surface area contributed by atoms with E-state index in [9.17, 15) is 0 Å². The van der Waals surface area contributed by atoms with E-state index in [1.807, 2.05) is 31.5 Å². The Bertz CT molecular complexity index is 419. The number of aromatic nitrogens is 2. The van der Waals surface area contributed by atoms with E-state index in [0.29, 0.717) is 0 Å². The second-order valence-electron chi connectivity index (χ2n) is 3.87. The van der Waals surface area contributed by atoms with Gasteiger partial charge in [-0.1, -0.05) is 6.92 Å². The zero-order valence-corrected chi connectivity index (χ0v) is 9.66. The van der Waals surface area contributed by atoms with Gasteiger partial charge < -0.3 is 9.73 Å². The molecular weight excluding hydrogens is 202 g/mol. The van der Waals surface area contributed by atoms with Crippen molar-refractivity contribution in [2.45, 2.75) is 26.3 Å². The number of aryl methyl sites for hydroxylation is 1. The van der Waals surface area contributed by atoms with Crippen molar-refractivity contribution in [3.63, 3.8) is 0 Å². The summed E-state index contributed by atoms with van der Waals surface area (Å²) in [6.07, 6.45) is 4.81. The highest BCUT2D eigenvalue weighted by Gasteiger charge is 2.17. The largest absolute Gasteiger partial charge is 0.464 e. The highest BCUT2D eigenvalue weighted by Crippen LogP contribution is 2.22. The molecule has 0 aliphatic rings. The molecule has 4 heteroatoms. The minimum atomic E-state index is 0.0902. The highest BCUT2D eigenvalue weighted by atomic mass is 16.3. The van der Waals surface area contributed by atoms with Gasteiger partial charge in [-0.3, -0.25) is 5.10 Å². The molecule has 86 valence electrons. The van der Waals surface area contributed by atoms with Gasteiger partial charge in [0.05, 0.1) is 12.2 Å². The first-order chi connectivity index (χ1) is 7.81. The van der Waals surface area contributed by atoms with Crippen LogP contribution in [0.5, 0.6) is 0 Å². The molecule has 0 spiro atoms. The van der Waals surface area contributed by atoms with Gasteiger partial charge >= 0.3 is 0 Å². The Labute approximate surface area is 95.1 Å². The lowest BCUT2D eigenvalue weighted by molar-refractivity contribution is 0.430. The van der Waals surface area contributed by atoms with Crippen molar-refractivity contribution in [2.24, 2.45) is 0 Å². The van der Waals surface area contributed by atoms with Crippen LogP contribution in [0.4, 0.5) is 0 Å². The topological polar surface area (TPSA) is 53.9 Å². The number of hydrogen-bond acceptors (Lipinski definition) is 3. The fraction of sp³-hybridized carbons (Fsp3) is 0.417. The van der Waals surface area contributed by atoms with Gasteiger partial charge in [0.15, 0.2) is 0 Å². The Morgan fingerprint density at radius 1 is 1.50 bits per heavy atom. The van der Waals surface area contributed by atoms with Crippen molar-refractivity contribution in [1.82, 2.24) is 15.5 Å². The molecule has 2 N–H and O–H groups in total. The van der Waals surface area contributed by atoms with Crippen LogP contribution in [0.15, 0.2) is 28.9 Å². The van der Waals surface area contributed by atoms with E-state index in [1.165, 1.54) is 0 Å². The van der Waals surface area contributed by atoms with Crippen LogP contribution in [0.25, 0.3) is 0 Å². The van der Waals surface area contributed by atoms with E-state index in [4.69, 9.17) is 4.42 Å². The third-order valence-corrected chi connectivity index (χ3v) is 2.50. The maximum atomic E-state index is 5.66. The number of hydrogen-bond donors (Lipinski definition) is 2. The average molecular weight is 219 g/mol. The van der Waals surface area contributed by atoms with Crippen molar-refractivity contribution in [3.8, 4) is 0 Å². The standard InChI is InChI=1S/C12H17N3O/c1-3-6-13-12(10-7-14-15-8-10)11-5-4-9(2)16-11/h4-5,7-8,12-13H,3,6H2,1-2H3,(H,14,15). The molecule has 2 aromatic heterocycles. The second kappa shape index (κ2) is 4.99. The SMILES string of the molecule is CCCNC(c1cn[nH]c1)c1ccc(C)o1. The van der Waals surface area contributed by atoms with Gasteiger partial charge in [-0.15, -0.1) is 0 Å². The van der Waals surface area contributed by atoms with Crippen molar-refractivity contribution >= 4 is 0 Å². The molecular formula is C12H17N3O. The molecule has 1 unspecified atom stereocenters. The molecule has 1 atom stereocenters. The van der Waals surface area contributed by atoms with Crippen LogP contribution in [0.3, 0.4) is 0 Å². The summed E-state index contributed by atoms with van der Waals surface area (Å²) in [5.41, 5.74) is 1.10. The zero-order chi connectivity index (χ0) is 11.4. The van der Waals surface area contributed by atoms with E-state index >= 15 is 0 Å². The molecule has 0 bridgehead atoms. The Balaban J connectivity index is 2.21. The first-order valence-corrected chi connectivity index (χ1v) is 5.59. The predicted molar refractivity (Wildman–Crippen MR) is 62.2 cm³/mol. The summed E-state index contributed by atoms with van der Waals surface area (Å²) in [4.78, 5) is 0. The van der Waals surface area contributed by atoms with E-state index in [0.717, 1.165) is 30.0 Å². The Hall–Kier alpha value is -1.55. The predicted octanol–water partition coefficient (Wildman–Crippen LogP) is 2.40. The first kappa shape index (κ1) is 11.0. The summed E-state index contributed by atoms with van der Waals surface area (Å²) in [6, 6.07) is 4.08. The molecule has 16 heavy (non-hydrogen) atoms. The fourth-order valence-electron chi connectivity index (χ4n) is 1.70. The zero-order valence-electron chi connectivity index (χ0n) is 9.66. The van der Waals surface area contributed by atoms with Crippen LogP contribution in [-0.2, 0) is 0 Å². The minimum Gasteiger partial charge on any atom is -0.464 e. The van der Waals surface area contributed by atoms with Gasteiger partial charge in [-0.25, -0.2) is 0 Å². The molecule has 0 aliphatic heterocycles. The summed E-state index contributed by atoms with van der Waals surface area (Å²) in [5, 5.41) is 10.3. The smallest absolute Gasteiger partial charge is 0.125 e.